The van der Waals surface area contributed by atoms with Crippen LogP contribution in [-0.4, -0.2) is 20.6 Å². The first-order valence-electron chi connectivity index (χ1n) is 11.5. The number of aryl methyl sites for hydroxylation is 2. The number of pyridine rings is 1. The number of aromatic hydroxyl groups is 1. The van der Waals surface area contributed by atoms with Crippen LogP contribution < -0.4 is 0 Å². The maximum Gasteiger partial charge on any atom is 0.296 e. The molecule has 5 aromatic rings. The van der Waals surface area contributed by atoms with Crippen LogP contribution >= 0.6 is 27.5 Å². The van der Waals surface area contributed by atoms with Crippen molar-refractivity contribution >= 4 is 60.9 Å². The predicted octanol–water partition coefficient (Wildman–Crippen LogP) is 8.62. The number of benzene rings is 3. The number of nitrogens with zero attached hydrogens (tertiary/aromatic N) is 4. The Morgan fingerprint density at radius 3 is 2.58 bits per heavy atom. The van der Waals surface area contributed by atoms with E-state index in [0.29, 0.717) is 39.1 Å². The van der Waals surface area contributed by atoms with Crippen LogP contribution in [0.5, 0.6) is 5.88 Å². The van der Waals surface area contributed by atoms with Gasteiger partial charge in [-0.3, -0.25) is 4.79 Å². The third kappa shape index (κ3) is 4.52. The second kappa shape index (κ2) is 9.84. The first kappa shape index (κ1) is 24.2. The van der Waals surface area contributed by atoms with Crippen molar-refractivity contribution in [3.05, 3.63) is 87.4 Å². The van der Waals surface area contributed by atoms with E-state index in [1.807, 2.05) is 62.4 Å². The molecule has 0 aliphatic heterocycles. The molecule has 0 spiro atoms. The van der Waals surface area contributed by atoms with Crippen molar-refractivity contribution in [1.29, 1.82) is 0 Å². The number of amides is 1. The van der Waals surface area contributed by atoms with Crippen molar-refractivity contribution in [1.82, 2.24) is 9.55 Å². The number of fused-ring (bicyclic) bond motifs is 2. The lowest BCUT2D eigenvalue weighted by Crippen LogP contribution is -1.99. The molecule has 2 heterocycles. The SMILES string of the molecule is CCCn1c(O)c(N=NC(=O)c2cc(-c3ccc(Br)cc3)nc3ccc(C)cc23)c2cc(Cl)ccc21. The first-order chi connectivity index (χ1) is 17.4. The number of rotatable bonds is 5. The summed E-state index contributed by atoms with van der Waals surface area (Å²) in [6.45, 7) is 4.58. The Bertz CT molecular complexity index is 1660. The normalized spacial score (nSPS) is 11.7. The molecule has 0 fully saturated rings. The van der Waals surface area contributed by atoms with Crippen LogP contribution in [0, 0.1) is 6.92 Å². The largest absolute Gasteiger partial charge is 0.493 e. The van der Waals surface area contributed by atoms with E-state index in [2.05, 4.69) is 26.2 Å². The van der Waals surface area contributed by atoms with Crippen LogP contribution in [0.25, 0.3) is 33.1 Å². The highest BCUT2D eigenvalue weighted by molar-refractivity contribution is 9.10. The van der Waals surface area contributed by atoms with E-state index in [9.17, 15) is 9.90 Å². The van der Waals surface area contributed by atoms with Crippen molar-refractivity contribution in [2.45, 2.75) is 26.8 Å². The fraction of sp³-hybridized carbons (Fsp3) is 0.143. The number of hydrogen-bond donors (Lipinski definition) is 1. The van der Waals surface area contributed by atoms with Crippen molar-refractivity contribution < 1.29 is 9.90 Å². The standard InChI is InChI=1S/C28H22BrClN4O2/c1-3-12-34-25-11-9-19(30)14-22(25)26(28(34)36)32-33-27(35)21-15-24(17-5-7-18(29)8-6-17)31-23-10-4-16(2)13-20(21)23/h4-11,13-15,36H,3,12H2,1-2H3. The van der Waals surface area contributed by atoms with Crippen molar-refractivity contribution in [3.63, 3.8) is 0 Å². The molecule has 0 saturated carbocycles. The Morgan fingerprint density at radius 1 is 1.06 bits per heavy atom. The van der Waals surface area contributed by atoms with Crippen molar-refractivity contribution in [2.75, 3.05) is 0 Å². The number of halogens is 2. The number of carbonyl (C=O) groups excluding carboxylic acids is 1. The van der Waals surface area contributed by atoms with Gasteiger partial charge in [0.25, 0.3) is 5.91 Å². The average molecular weight is 562 g/mol. The Morgan fingerprint density at radius 2 is 1.83 bits per heavy atom. The van der Waals surface area contributed by atoms with E-state index >= 15 is 0 Å². The van der Waals surface area contributed by atoms with E-state index in [0.717, 1.165) is 27.5 Å². The number of carbonyl (C=O) groups is 1. The second-order valence-corrected chi connectivity index (χ2v) is 9.93. The van der Waals surface area contributed by atoms with Gasteiger partial charge in [-0.15, -0.1) is 10.2 Å². The molecule has 8 heteroatoms. The summed E-state index contributed by atoms with van der Waals surface area (Å²) < 4.78 is 2.70. The molecule has 0 atom stereocenters. The van der Waals surface area contributed by atoms with Crippen LogP contribution in [-0.2, 0) is 6.54 Å². The zero-order valence-electron chi connectivity index (χ0n) is 19.7. The Balaban J connectivity index is 1.63. The lowest BCUT2D eigenvalue weighted by atomic mass is 10.0. The topological polar surface area (TPSA) is 79.8 Å². The Kier molecular flexibility index (Phi) is 6.60. The van der Waals surface area contributed by atoms with Gasteiger partial charge in [0.2, 0.25) is 5.88 Å². The highest BCUT2D eigenvalue weighted by atomic mass is 79.9. The van der Waals surface area contributed by atoms with Gasteiger partial charge in [-0.05, 0) is 61.9 Å². The first-order valence-corrected chi connectivity index (χ1v) is 12.7. The Labute approximate surface area is 221 Å². The molecular weight excluding hydrogens is 540 g/mol. The van der Waals surface area contributed by atoms with Gasteiger partial charge < -0.3 is 9.67 Å². The molecule has 6 nitrogen and oxygen atoms in total. The predicted molar refractivity (Wildman–Crippen MR) is 147 cm³/mol. The van der Waals surface area contributed by atoms with Crippen LogP contribution in [0.15, 0.2) is 81.4 Å². The maximum absolute atomic E-state index is 13.4. The highest BCUT2D eigenvalue weighted by Gasteiger charge is 2.19. The third-order valence-corrected chi connectivity index (χ3v) is 6.76. The number of aromatic nitrogens is 2. The molecular formula is C28H22BrClN4O2. The van der Waals surface area contributed by atoms with E-state index in [4.69, 9.17) is 16.6 Å². The number of azo groups is 1. The van der Waals surface area contributed by atoms with E-state index in [1.54, 1.807) is 22.8 Å². The zero-order valence-corrected chi connectivity index (χ0v) is 22.0. The summed E-state index contributed by atoms with van der Waals surface area (Å²) in [5.41, 5.74) is 4.61. The summed E-state index contributed by atoms with van der Waals surface area (Å²) >= 11 is 9.67. The quantitative estimate of drug-likeness (QED) is 0.218. The highest BCUT2D eigenvalue weighted by Crippen LogP contribution is 2.40. The molecule has 3 aromatic carbocycles. The summed E-state index contributed by atoms with van der Waals surface area (Å²) in [4.78, 5) is 18.2. The summed E-state index contributed by atoms with van der Waals surface area (Å²) in [6.07, 6.45) is 0.816. The van der Waals surface area contributed by atoms with Gasteiger partial charge in [0, 0.05) is 32.4 Å². The average Bonchev–Trinajstić information content (AvgIpc) is 3.12. The summed E-state index contributed by atoms with van der Waals surface area (Å²) in [6, 6.07) is 20.6. The lowest BCUT2D eigenvalue weighted by Gasteiger charge is -2.08. The molecule has 0 radical (unpaired) electrons. The molecule has 2 aromatic heterocycles. The maximum atomic E-state index is 13.4. The van der Waals surface area contributed by atoms with Gasteiger partial charge in [-0.1, -0.05) is 58.2 Å². The van der Waals surface area contributed by atoms with Crippen molar-refractivity contribution in [3.8, 4) is 17.1 Å². The van der Waals surface area contributed by atoms with E-state index in [-0.39, 0.29) is 11.6 Å². The third-order valence-electron chi connectivity index (χ3n) is 5.99. The van der Waals surface area contributed by atoms with E-state index < -0.39 is 5.91 Å². The van der Waals surface area contributed by atoms with Crippen molar-refractivity contribution in [2.24, 2.45) is 10.2 Å². The fourth-order valence-corrected chi connectivity index (χ4v) is 4.72. The number of hydrogen-bond acceptors (Lipinski definition) is 4. The lowest BCUT2D eigenvalue weighted by molar-refractivity contribution is 0.0996. The van der Waals surface area contributed by atoms with Gasteiger partial charge in [0.1, 0.15) is 0 Å². The minimum atomic E-state index is -0.524. The molecule has 0 aliphatic rings. The zero-order chi connectivity index (χ0) is 25.4. The van der Waals surface area contributed by atoms with Crippen LogP contribution in [0.1, 0.15) is 29.3 Å². The van der Waals surface area contributed by atoms with Gasteiger partial charge in [0.05, 0.1) is 22.3 Å². The van der Waals surface area contributed by atoms with Crippen LogP contribution in [0.4, 0.5) is 5.69 Å². The molecule has 0 bridgehead atoms. The van der Waals surface area contributed by atoms with Gasteiger partial charge >= 0.3 is 0 Å². The van der Waals surface area contributed by atoms with Crippen LogP contribution in [0.2, 0.25) is 5.02 Å². The summed E-state index contributed by atoms with van der Waals surface area (Å²) in [5.74, 6) is -0.569. The molecule has 1 N–H and O–H groups in total. The van der Waals surface area contributed by atoms with Gasteiger partial charge in [-0.2, -0.15) is 0 Å². The second-order valence-electron chi connectivity index (χ2n) is 8.57. The molecule has 36 heavy (non-hydrogen) atoms. The Hall–Kier alpha value is -3.55. The fourth-order valence-electron chi connectivity index (χ4n) is 4.28. The van der Waals surface area contributed by atoms with Gasteiger partial charge in [-0.25, -0.2) is 4.98 Å². The molecule has 0 saturated heterocycles. The van der Waals surface area contributed by atoms with Crippen LogP contribution in [0.3, 0.4) is 0 Å². The summed E-state index contributed by atoms with van der Waals surface area (Å²) in [5, 5.41) is 21.0. The minimum Gasteiger partial charge on any atom is -0.493 e. The molecule has 0 aliphatic carbocycles. The minimum absolute atomic E-state index is 0.0448. The molecule has 0 unspecified atom stereocenters. The molecule has 5 rings (SSSR count). The molecule has 1 amide bonds. The monoisotopic (exact) mass is 560 g/mol. The van der Waals surface area contributed by atoms with Gasteiger partial charge in [0.15, 0.2) is 5.69 Å². The molecule has 180 valence electrons. The smallest absolute Gasteiger partial charge is 0.296 e. The van der Waals surface area contributed by atoms with E-state index in [1.165, 1.54) is 0 Å². The summed E-state index contributed by atoms with van der Waals surface area (Å²) in [7, 11) is 0.